The first-order valence-corrected chi connectivity index (χ1v) is 12.3. The highest BCUT2D eigenvalue weighted by atomic mass is 35.5. The molecule has 2 saturated heterocycles. The molecule has 1 atom stereocenters. The first-order chi connectivity index (χ1) is 15.0. The number of aromatic nitrogens is 2. The predicted molar refractivity (Wildman–Crippen MR) is 122 cm³/mol. The topological polar surface area (TPSA) is 95.5 Å². The highest BCUT2D eigenvalue weighted by Crippen LogP contribution is 2.29. The number of hydrogen-bond donors (Lipinski definition) is 1. The molecule has 0 bridgehead atoms. The van der Waals surface area contributed by atoms with Crippen molar-refractivity contribution in [2.45, 2.75) is 30.0 Å². The minimum atomic E-state index is -0.469. The number of amides is 3. The van der Waals surface area contributed by atoms with Crippen molar-refractivity contribution in [1.29, 1.82) is 0 Å². The van der Waals surface area contributed by atoms with E-state index in [1.165, 1.54) is 29.5 Å². The van der Waals surface area contributed by atoms with Gasteiger partial charge >= 0.3 is 0 Å². The zero-order valence-corrected chi connectivity index (χ0v) is 19.1. The quantitative estimate of drug-likeness (QED) is 0.504. The Morgan fingerprint density at radius 3 is 2.65 bits per heavy atom. The van der Waals surface area contributed by atoms with Crippen molar-refractivity contribution in [3.05, 3.63) is 29.3 Å². The van der Waals surface area contributed by atoms with Crippen molar-refractivity contribution in [3.63, 3.8) is 0 Å². The molecule has 0 aliphatic carbocycles. The van der Waals surface area contributed by atoms with Gasteiger partial charge in [0.1, 0.15) is 0 Å². The lowest BCUT2D eigenvalue weighted by Crippen LogP contribution is -2.36. The van der Waals surface area contributed by atoms with Gasteiger partial charge in [0, 0.05) is 36.8 Å². The molecular formula is C20H22ClN5O3S2. The van der Waals surface area contributed by atoms with E-state index in [0.717, 1.165) is 31.6 Å². The van der Waals surface area contributed by atoms with Crippen molar-refractivity contribution < 1.29 is 14.4 Å². The SMILES string of the molecule is O=C(Nc1nnc(SCC(=O)N2CCCCC2)s1)[C@H]1CC(=O)N(c2ccc(Cl)cc2)C1. The number of hydrogen-bond acceptors (Lipinski definition) is 7. The Morgan fingerprint density at radius 1 is 1.16 bits per heavy atom. The summed E-state index contributed by atoms with van der Waals surface area (Å²) in [7, 11) is 0. The summed E-state index contributed by atoms with van der Waals surface area (Å²) in [6.45, 7) is 1.95. The van der Waals surface area contributed by atoms with Crippen LogP contribution < -0.4 is 10.2 Å². The standard InChI is InChI=1S/C20H22ClN5O3S2/c21-14-4-6-15(7-5-14)26-11-13(10-16(26)27)18(29)22-19-23-24-20(31-19)30-12-17(28)25-8-2-1-3-9-25/h4-7,13H,1-3,8-12H2,(H,22,23,29)/t13-/m0/s1. The van der Waals surface area contributed by atoms with E-state index in [-0.39, 0.29) is 24.1 Å². The van der Waals surface area contributed by atoms with E-state index < -0.39 is 5.92 Å². The Hall–Kier alpha value is -2.17. The molecule has 8 nitrogen and oxygen atoms in total. The highest BCUT2D eigenvalue weighted by molar-refractivity contribution is 8.01. The molecule has 11 heteroatoms. The Balaban J connectivity index is 1.28. The first-order valence-electron chi connectivity index (χ1n) is 10.1. The summed E-state index contributed by atoms with van der Waals surface area (Å²) in [5.74, 6) is -0.411. The third-order valence-electron chi connectivity index (χ3n) is 5.30. The van der Waals surface area contributed by atoms with Crippen LogP contribution in [0.4, 0.5) is 10.8 Å². The second kappa shape index (κ2) is 9.97. The molecule has 0 radical (unpaired) electrons. The number of piperidine rings is 1. The fourth-order valence-corrected chi connectivity index (χ4v) is 5.42. The van der Waals surface area contributed by atoms with Crippen molar-refractivity contribution in [3.8, 4) is 0 Å². The monoisotopic (exact) mass is 479 g/mol. The molecule has 0 spiro atoms. The van der Waals surface area contributed by atoms with Crippen LogP contribution >= 0.6 is 34.7 Å². The van der Waals surface area contributed by atoms with Gasteiger partial charge in [0.05, 0.1) is 11.7 Å². The summed E-state index contributed by atoms with van der Waals surface area (Å²) in [6.07, 6.45) is 3.44. The molecule has 2 aliphatic rings. The van der Waals surface area contributed by atoms with Gasteiger partial charge < -0.3 is 15.1 Å². The smallest absolute Gasteiger partial charge is 0.233 e. The molecule has 164 valence electrons. The van der Waals surface area contributed by atoms with Crippen LogP contribution in [-0.4, -0.2) is 58.2 Å². The molecule has 2 fully saturated rings. The van der Waals surface area contributed by atoms with Crippen LogP contribution in [-0.2, 0) is 14.4 Å². The molecule has 4 rings (SSSR count). The fraction of sp³-hybridized carbons (Fsp3) is 0.450. The van der Waals surface area contributed by atoms with Crippen molar-refractivity contribution in [2.75, 3.05) is 35.6 Å². The van der Waals surface area contributed by atoms with Crippen molar-refractivity contribution >= 4 is 63.2 Å². The van der Waals surface area contributed by atoms with E-state index in [1.54, 1.807) is 29.2 Å². The number of benzene rings is 1. The molecule has 1 aromatic heterocycles. The lowest BCUT2D eigenvalue weighted by Gasteiger charge is -2.26. The molecule has 0 saturated carbocycles. The summed E-state index contributed by atoms with van der Waals surface area (Å²) in [6, 6.07) is 6.96. The summed E-state index contributed by atoms with van der Waals surface area (Å²) in [5.41, 5.74) is 0.720. The number of halogens is 1. The maximum absolute atomic E-state index is 12.6. The summed E-state index contributed by atoms with van der Waals surface area (Å²) >= 11 is 8.47. The first kappa shape index (κ1) is 22.0. The highest BCUT2D eigenvalue weighted by Gasteiger charge is 2.35. The predicted octanol–water partition coefficient (Wildman–Crippen LogP) is 3.29. The van der Waals surface area contributed by atoms with Crippen LogP contribution in [0.1, 0.15) is 25.7 Å². The van der Waals surface area contributed by atoms with E-state index in [0.29, 0.717) is 26.8 Å². The zero-order valence-electron chi connectivity index (χ0n) is 16.8. The number of likely N-dealkylation sites (tertiary alicyclic amines) is 1. The third-order valence-corrected chi connectivity index (χ3v) is 7.51. The van der Waals surface area contributed by atoms with E-state index in [9.17, 15) is 14.4 Å². The Morgan fingerprint density at radius 2 is 1.90 bits per heavy atom. The number of anilines is 2. The number of carbonyl (C=O) groups excluding carboxylic acids is 3. The van der Waals surface area contributed by atoms with Crippen LogP contribution in [0.5, 0.6) is 0 Å². The summed E-state index contributed by atoms with van der Waals surface area (Å²) in [4.78, 5) is 40.8. The molecule has 0 unspecified atom stereocenters. The van der Waals surface area contributed by atoms with E-state index >= 15 is 0 Å². The van der Waals surface area contributed by atoms with Gasteiger partial charge in [0.2, 0.25) is 22.9 Å². The number of rotatable bonds is 6. The van der Waals surface area contributed by atoms with Gasteiger partial charge in [-0.05, 0) is 43.5 Å². The zero-order chi connectivity index (χ0) is 21.8. The van der Waals surface area contributed by atoms with Gasteiger partial charge in [0.15, 0.2) is 4.34 Å². The molecule has 2 aromatic rings. The third kappa shape index (κ3) is 5.55. The Labute approximate surface area is 193 Å². The number of thioether (sulfide) groups is 1. The molecular weight excluding hydrogens is 458 g/mol. The number of nitrogens with zero attached hydrogens (tertiary/aromatic N) is 4. The minimum absolute atomic E-state index is 0.104. The second-order valence-corrected chi connectivity index (χ2v) is 10.1. The molecule has 3 amide bonds. The maximum Gasteiger partial charge on any atom is 0.233 e. The molecule has 1 aromatic carbocycles. The van der Waals surface area contributed by atoms with Gasteiger partial charge in [-0.1, -0.05) is 34.7 Å². The van der Waals surface area contributed by atoms with Crippen LogP contribution in [0.25, 0.3) is 0 Å². The Bertz CT molecular complexity index is 962. The average Bonchev–Trinajstić information content (AvgIpc) is 3.39. The van der Waals surface area contributed by atoms with Gasteiger partial charge in [-0.15, -0.1) is 10.2 Å². The second-order valence-electron chi connectivity index (χ2n) is 7.47. The van der Waals surface area contributed by atoms with Crippen LogP contribution in [0.2, 0.25) is 5.02 Å². The molecule has 1 N–H and O–H groups in total. The Kier molecular flexibility index (Phi) is 7.09. The summed E-state index contributed by atoms with van der Waals surface area (Å²) < 4.78 is 0.631. The minimum Gasteiger partial charge on any atom is -0.342 e. The largest absolute Gasteiger partial charge is 0.342 e. The van der Waals surface area contributed by atoms with Crippen LogP contribution in [0.15, 0.2) is 28.6 Å². The van der Waals surface area contributed by atoms with Crippen molar-refractivity contribution in [1.82, 2.24) is 15.1 Å². The average molecular weight is 480 g/mol. The van der Waals surface area contributed by atoms with Crippen LogP contribution in [0, 0.1) is 5.92 Å². The van der Waals surface area contributed by atoms with Crippen LogP contribution in [0.3, 0.4) is 0 Å². The van der Waals surface area contributed by atoms with Gasteiger partial charge in [-0.3, -0.25) is 14.4 Å². The number of nitrogens with one attached hydrogen (secondary N) is 1. The summed E-state index contributed by atoms with van der Waals surface area (Å²) in [5, 5.41) is 11.8. The molecule has 2 aliphatic heterocycles. The lowest BCUT2D eigenvalue weighted by atomic mass is 10.1. The molecule has 3 heterocycles. The van der Waals surface area contributed by atoms with Gasteiger partial charge in [-0.2, -0.15) is 0 Å². The maximum atomic E-state index is 12.6. The van der Waals surface area contributed by atoms with E-state index in [1.807, 2.05) is 4.90 Å². The van der Waals surface area contributed by atoms with E-state index in [4.69, 9.17) is 11.6 Å². The van der Waals surface area contributed by atoms with Crippen molar-refractivity contribution in [2.24, 2.45) is 5.92 Å². The van der Waals surface area contributed by atoms with E-state index in [2.05, 4.69) is 15.5 Å². The molecule has 31 heavy (non-hydrogen) atoms. The normalized spacial score (nSPS) is 19.0. The lowest BCUT2D eigenvalue weighted by molar-refractivity contribution is -0.129. The van der Waals surface area contributed by atoms with Gasteiger partial charge in [-0.25, -0.2) is 0 Å². The number of carbonyl (C=O) groups is 3. The fourth-order valence-electron chi connectivity index (χ4n) is 3.64. The van der Waals surface area contributed by atoms with Gasteiger partial charge in [0.25, 0.3) is 0 Å².